The molecule has 0 saturated heterocycles. The first-order chi connectivity index (χ1) is 8.18. The molecule has 17 heavy (non-hydrogen) atoms. The lowest BCUT2D eigenvalue weighted by Gasteiger charge is -2.22. The molecule has 0 N–H and O–H groups in total. The van der Waals surface area contributed by atoms with Crippen LogP contribution in [0.3, 0.4) is 0 Å². The minimum atomic E-state index is 0.756. The standard InChI is InChI=1S/C17H30/c1-14-15-10-8-6-4-3-5-7-9-11-17(12-15)13-16(14,17)2/h14-15H,3-13H2,1-2H3/t14-,15?,16+,17+/m0/s1. The van der Waals surface area contributed by atoms with Gasteiger partial charge in [0.05, 0.1) is 0 Å². The zero-order chi connectivity index (χ0) is 11.9. The van der Waals surface area contributed by atoms with Crippen molar-refractivity contribution in [2.45, 2.75) is 84.5 Å². The fourth-order valence-corrected chi connectivity index (χ4v) is 5.39. The molecule has 3 aliphatic rings. The molecule has 3 saturated carbocycles. The van der Waals surface area contributed by atoms with Crippen LogP contribution in [0, 0.1) is 22.7 Å². The Bertz CT molecular complexity index is 282. The van der Waals surface area contributed by atoms with E-state index in [0.29, 0.717) is 0 Å². The van der Waals surface area contributed by atoms with Gasteiger partial charge in [-0.05, 0) is 41.9 Å². The highest BCUT2D eigenvalue weighted by atomic mass is 14.7. The van der Waals surface area contributed by atoms with E-state index < -0.39 is 0 Å². The Morgan fingerprint density at radius 1 is 0.882 bits per heavy atom. The van der Waals surface area contributed by atoms with E-state index in [1.165, 1.54) is 44.9 Å². The number of fused-ring (bicyclic) bond motifs is 1. The van der Waals surface area contributed by atoms with Crippen molar-refractivity contribution in [2.75, 3.05) is 0 Å². The van der Waals surface area contributed by atoms with E-state index in [4.69, 9.17) is 0 Å². The van der Waals surface area contributed by atoms with Crippen LogP contribution in [-0.2, 0) is 0 Å². The Balaban J connectivity index is 1.69. The van der Waals surface area contributed by atoms with E-state index in [-0.39, 0.29) is 0 Å². The van der Waals surface area contributed by atoms with E-state index in [0.717, 1.165) is 22.7 Å². The maximum absolute atomic E-state index is 2.61. The molecule has 3 fully saturated rings. The first-order valence-corrected chi connectivity index (χ1v) is 8.18. The van der Waals surface area contributed by atoms with Crippen LogP contribution >= 0.6 is 0 Å². The molecular formula is C17H30. The van der Waals surface area contributed by atoms with Crippen LogP contribution in [0.15, 0.2) is 0 Å². The molecule has 0 heterocycles. The van der Waals surface area contributed by atoms with Crippen LogP contribution in [0.1, 0.15) is 84.5 Å². The average Bonchev–Trinajstić information content (AvgIpc) is 2.83. The van der Waals surface area contributed by atoms with Crippen LogP contribution < -0.4 is 0 Å². The molecule has 0 aromatic heterocycles. The molecule has 0 aromatic rings. The van der Waals surface area contributed by atoms with Gasteiger partial charge in [-0.15, -0.1) is 0 Å². The summed E-state index contributed by atoms with van der Waals surface area (Å²) in [6.07, 6.45) is 16.8. The van der Waals surface area contributed by atoms with Crippen molar-refractivity contribution in [2.24, 2.45) is 22.7 Å². The fraction of sp³-hybridized carbons (Fsp3) is 1.00. The lowest BCUT2D eigenvalue weighted by molar-refractivity contribution is 0.274. The van der Waals surface area contributed by atoms with Gasteiger partial charge in [-0.1, -0.05) is 65.2 Å². The molecule has 3 aliphatic carbocycles. The van der Waals surface area contributed by atoms with E-state index in [1.54, 1.807) is 25.7 Å². The Kier molecular flexibility index (Phi) is 3.04. The van der Waals surface area contributed by atoms with E-state index in [1.807, 2.05) is 0 Å². The third-order valence-corrected chi connectivity index (χ3v) is 6.89. The van der Waals surface area contributed by atoms with Gasteiger partial charge in [0.1, 0.15) is 0 Å². The van der Waals surface area contributed by atoms with Gasteiger partial charge in [0, 0.05) is 0 Å². The summed E-state index contributed by atoms with van der Waals surface area (Å²) in [7, 11) is 0. The van der Waals surface area contributed by atoms with Crippen molar-refractivity contribution < 1.29 is 0 Å². The predicted molar refractivity (Wildman–Crippen MR) is 74.0 cm³/mol. The highest BCUT2D eigenvalue weighted by Crippen LogP contribution is 2.79. The zero-order valence-corrected chi connectivity index (χ0v) is 11.9. The molecule has 1 unspecified atom stereocenters. The van der Waals surface area contributed by atoms with Crippen LogP contribution in [0.4, 0.5) is 0 Å². The summed E-state index contributed by atoms with van der Waals surface area (Å²) < 4.78 is 0. The molecular weight excluding hydrogens is 204 g/mol. The molecule has 0 amide bonds. The summed E-state index contributed by atoms with van der Waals surface area (Å²) in [6.45, 7) is 5.18. The van der Waals surface area contributed by atoms with Crippen molar-refractivity contribution in [3.8, 4) is 0 Å². The first-order valence-electron chi connectivity index (χ1n) is 8.18. The van der Waals surface area contributed by atoms with Crippen LogP contribution in [0.2, 0.25) is 0 Å². The lowest BCUT2D eigenvalue weighted by Crippen LogP contribution is -2.14. The Labute approximate surface area is 108 Å². The number of hydrogen-bond acceptors (Lipinski definition) is 0. The van der Waals surface area contributed by atoms with Crippen molar-refractivity contribution >= 4 is 0 Å². The lowest BCUT2D eigenvalue weighted by atomic mass is 9.83. The Morgan fingerprint density at radius 3 is 2.29 bits per heavy atom. The van der Waals surface area contributed by atoms with Gasteiger partial charge in [-0.25, -0.2) is 0 Å². The molecule has 2 bridgehead atoms. The van der Waals surface area contributed by atoms with Gasteiger partial charge < -0.3 is 0 Å². The van der Waals surface area contributed by atoms with Crippen molar-refractivity contribution in [1.29, 1.82) is 0 Å². The maximum atomic E-state index is 2.61. The number of rotatable bonds is 0. The molecule has 1 spiro atoms. The van der Waals surface area contributed by atoms with E-state index >= 15 is 0 Å². The van der Waals surface area contributed by atoms with Crippen molar-refractivity contribution in [1.82, 2.24) is 0 Å². The smallest absolute Gasteiger partial charge is 0.0233 e. The predicted octanol–water partition coefficient (Wildman–Crippen LogP) is 5.56. The van der Waals surface area contributed by atoms with Crippen molar-refractivity contribution in [3.63, 3.8) is 0 Å². The quantitative estimate of drug-likeness (QED) is 0.514. The SMILES string of the molecule is C[C@H]1C2CCCCCCCCC[C@@]3(C2)C[C@]13C. The third kappa shape index (κ3) is 1.87. The van der Waals surface area contributed by atoms with Gasteiger partial charge >= 0.3 is 0 Å². The Hall–Kier alpha value is 0. The summed E-state index contributed by atoms with van der Waals surface area (Å²) in [5.41, 5.74) is 1.57. The molecule has 0 radical (unpaired) electrons. The van der Waals surface area contributed by atoms with Gasteiger partial charge in [-0.3, -0.25) is 0 Å². The molecule has 3 rings (SSSR count). The van der Waals surface area contributed by atoms with Gasteiger partial charge in [0.2, 0.25) is 0 Å². The summed E-state index contributed by atoms with van der Waals surface area (Å²) in [6, 6.07) is 0. The third-order valence-electron chi connectivity index (χ3n) is 6.89. The molecule has 4 atom stereocenters. The number of hydrogen-bond donors (Lipinski definition) is 0. The monoisotopic (exact) mass is 234 g/mol. The largest absolute Gasteiger partial charge is 0.0617 e. The topological polar surface area (TPSA) is 0 Å². The highest BCUT2D eigenvalue weighted by Gasteiger charge is 2.71. The zero-order valence-electron chi connectivity index (χ0n) is 11.9. The normalized spacial score (nSPS) is 51.2. The molecule has 0 aromatic carbocycles. The van der Waals surface area contributed by atoms with Gasteiger partial charge in [0.25, 0.3) is 0 Å². The van der Waals surface area contributed by atoms with Crippen LogP contribution in [0.25, 0.3) is 0 Å². The summed E-state index contributed by atoms with van der Waals surface area (Å²) in [4.78, 5) is 0. The molecule has 98 valence electrons. The summed E-state index contributed by atoms with van der Waals surface area (Å²) in [5, 5.41) is 0. The molecule has 0 heteroatoms. The summed E-state index contributed by atoms with van der Waals surface area (Å²) >= 11 is 0. The summed E-state index contributed by atoms with van der Waals surface area (Å²) in [5.74, 6) is 2.09. The first kappa shape index (κ1) is 12.1. The van der Waals surface area contributed by atoms with Gasteiger partial charge in [-0.2, -0.15) is 0 Å². The molecule has 0 nitrogen and oxygen atoms in total. The fourth-order valence-electron chi connectivity index (χ4n) is 5.39. The minimum Gasteiger partial charge on any atom is -0.0617 e. The van der Waals surface area contributed by atoms with E-state index in [9.17, 15) is 0 Å². The van der Waals surface area contributed by atoms with Crippen molar-refractivity contribution in [3.05, 3.63) is 0 Å². The second kappa shape index (κ2) is 4.28. The maximum Gasteiger partial charge on any atom is -0.0233 e. The second-order valence-electron chi connectivity index (χ2n) is 7.64. The van der Waals surface area contributed by atoms with Crippen LogP contribution in [-0.4, -0.2) is 0 Å². The van der Waals surface area contributed by atoms with Crippen LogP contribution in [0.5, 0.6) is 0 Å². The van der Waals surface area contributed by atoms with Gasteiger partial charge in [0.15, 0.2) is 0 Å². The van der Waals surface area contributed by atoms with E-state index in [2.05, 4.69) is 13.8 Å². The second-order valence-corrected chi connectivity index (χ2v) is 7.64. The average molecular weight is 234 g/mol. The minimum absolute atomic E-state index is 0.756. The Morgan fingerprint density at radius 2 is 1.53 bits per heavy atom. The highest BCUT2D eigenvalue weighted by molar-refractivity contribution is 5.20. The molecule has 0 aliphatic heterocycles.